The Bertz CT molecular complexity index is 316. The van der Waals surface area contributed by atoms with Gasteiger partial charge >= 0.3 is 0 Å². The molecular formula is C15H28N4O. The minimum Gasteiger partial charge on any atom is -0.379 e. The van der Waals surface area contributed by atoms with E-state index in [9.17, 15) is 0 Å². The van der Waals surface area contributed by atoms with Crippen molar-refractivity contribution in [1.82, 2.24) is 15.5 Å². The minimum atomic E-state index is 0.520. The molecular weight excluding hydrogens is 252 g/mol. The summed E-state index contributed by atoms with van der Waals surface area (Å²) in [4.78, 5) is 7.13. The average Bonchev–Trinajstić information content (AvgIpc) is 2.98. The van der Waals surface area contributed by atoms with Gasteiger partial charge in [0.05, 0.1) is 13.2 Å². The van der Waals surface area contributed by atoms with E-state index in [1.165, 1.54) is 0 Å². The lowest BCUT2D eigenvalue weighted by Crippen LogP contribution is -2.42. The smallest absolute Gasteiger partial charge is 0.191 e. The number of rotatable bonds is 6. The van der Waals surface area contributed by atoms with Crippen LogP contribution in [0.4, 0.5) is 0 Å². The lowest BCUT2D eigenvalue weighted by atomic mass is 10.2. The highest BCUT2D eigenvalue weighted by atomic mass is 16.5. The predicted octanol–water partition coefficient (Wildman–Crippen LogP) is 0.982. The van der Waals surface area contributed by atoms with Crippen LogP contribution in [0, 0.1) is 0 Å². The van der Waals surface area contributed by atoms with Crippen molar-refractivity contribution in [3.63, 3.8) is 0 Å². The molecule has 0 amide bonds. The quantitative estimate of drug-likeness (QED) is 0.330. The fourth-order valence-corrected chi connectivity index (χ4v) is 2.56. The molecule has 0 bridgehead atoms. The van der Waals surface area contributed by atoms with Gasteiger partial charge in [0.25, 0.3) is 0 Å². The molecule has 1 aliphatic heterocycles. The van der Waals surface area contributed by atoms with Crippen molar-refractivity contribution in [2.45, 2.75) is 32.2 Å². The second-order valence-corrected chi connectivity index (χ2v) is 5.35. The van der Waals surface area contributed by atoms with Crippen LogP contribution < -0.4 is 10.6 Å². The first-order valence-electron chi connectivity index (χ1n) is 7.88. The maximum atomic E-state index is 5.36. The van der Waals surface area contributed by atoms with Gasteiger partial charge in [0.1, 0.15) is 0 Å². The maximum absolute atomic E-state index is 5.36. The van der Waals surface area contributed by atoms with Crippen molar-refractivity contribution in [2.24, 2.45) is 4.99 Å². The lowest BCUT2D eigenvalue weighted by Gasteiger charge is -2.26. The molecule has 1 aliphatic carbocycles. The summed E-state index contributed by atoms with van der Waals surface area (Å²) in [7, 11) is 0. The molecule has 1 fully saturated rings. The largest absolute Gasteiger partial charge is 0.379 e. The SMILES string of the molecule is CCNC(=NCCCN1CCOCC1)NC1CC=CC1. The van der Waals surface area contributed by atoms with Crippen LogP contribution in [0.15, 0.2) is 17.1 Å². The van der Waals surface area contributed by atoms with E-state index in [0.717, 1.165) is 71.2 Å². The molecule has 2 N–H and O–H groups in total. The Balaban J connectivity index is 1.65. The van der Waals surface area contributed by atoms with Gasteiger partial charge in [-0.05, 0) is 26.2 Å². The van der Waals surface area contributed by atoms with Crippen LogP contribution in [0.25, 0.3) is 0 Å². The third-order valence-electron chi connectivity index (χ3n) is 3.70. The second kappa shape index (κ2) is 8.97. The highest BCUT2D eigenvalue weighted by Gasteiger charge is 2.12. The Hall–Kier alpha value is -1.07. The van der Waals surface area contributed by atoms with Crippen LogP contribution in [-0.4, -0.2) is 62.8 Å². The molecule has 0 unspecified atom stereocenters. The van der Waals surface area contributed by atoms with Gasteiger partial charge in [-0.1, -0.05) is 12.2 Å². The maximum Gasteiger partial charge on any atom is 0.191 e. The molecule has 5 heteroatoms. The van der Waals surface area contributed by atoms with E-state index in [1.807, 2.05) is 0 Å². The fourth-order valence-electron chi connectivity index (χ4n) is 2.56. The molecule has 5 nitrogen and oxygen atoms in total. The van der Waals surface area contributed by atoms with Crippen LogP contribution in [0.5, 0.6) is 0 Å². The van der Waals surface area contributed by atoms with Gasteiger partial charge < -0.3 is 15.4 Å². The summed E-state index contributed by atoms with van der Waals surface area (Å²) in [5.74, 6) is 0.961. The monoisotopic (exact) mass is 280 g/mol. The van der Waals surface area contributed by atoms with Gasteiger partial charge in [-0.2, -0.15) is 0 Å². The third-order valence-corrected chi connectivity index (χ3v) is 3.70. The molecule has 0 atom stereocenters. The van der Waals surface area contributed by atoms with Crippen molar-refractivity contribution in [1.29, 1.82) is 0 Å². The van der Waals surface area contributed by atoms with E-state index in [-0.39, 0.29) is 0 Å². The highest BCUT2D eigenvalue weighted by Crippen LogP contribution is 2.08. The molecule has 2 rings (SSSR count). The van der Waals surface area contributed by atoms with Crippen molar-refractivity contribution in [3.05, 3.63) is 12.2 Å². The zero-order valence-corrected chi connectivity index (χ0v) is 12.6. The normalized spacial score (nSPS) is 21.4. The number of morpholine rings is 1. The molecule has 114 valence electrons. The number of ether oxygens (including phenoxy) is 1. The Morgan fingerprint density at radius 2 is 2.05 bits per heavy atom. The van der Waals surface area contributed by atoms with E-state index < -0.39 is 0 Å². The Morgan fingerprint density at radius 1 is 1.30 bits per heavy atom. The fraction of sp³-hybridized carbons (Fsp3) is 0.800. The molecule has 0 aromatic carbocycles. The standard InChI is InChI=1S/C15H28N4O/c1-2-16-15(18-14-6-3-4-7-14)17-8-5-9-19-10-12-20-13-11-19/h3-4,14H,2,5-13H2,1H3,(H2,16,17,18). The van der Waals surface area contributed by atoms with Gasteiger partial charge in [-0.15, -0.1) is 0 Å². The summed E-state index contributed by atoms with van der Waals surface area (Å²) >= 11 is 0. The first-order chi connectivity index (χ1) is 9.88. The molecule has 0 spiro atoms. The average molecular weight is 280 g/mol. The van der Waals surface area contributed by atoms with Gasteiger partial charge in [0.15, 0.2) is 5.96 Å². The zero-order valence-electron chi connectivity index (χ0n) is 12.6. The number of aliphatic imine (C=N–C) groups is 1. The Morgan fingerprint density at radius 3 is 2.75 bits per heavy atom. The number of guanidine groups is 1. The van der Waals surface area contributed by atoms with Crippen LogP contribution in [0.1, 0.15) is 26.2 Å². The molecule has 1 saturated heterocycles. The summed E-state index contributed by atoms with van der Waals surface area (Å²) in [6.45, 7) is 8.91. The molecule has 1 heterocycles. The predicted molar refractivity (Wildman–Crippen MR) is 83.2 cm³/mol. The van der Waals surface area contributed by atoms with E-state index in [0.29, 0.717) is 6.04 Å². The Labute approximate surface area is 122 Å². The summed E-state index contributed by atoms with van der Waals surface area (Å²) in [6.07, 6.45) is 7.80. The minimum absolute atomic E-state index is 0.520. The van der Waals surface area contributed by atoms with Crippen LogP contribution in [-0.2, 0) is 4.74 Å². The lowest BCUT2D eigenvalue weighted by molar-refractivity contribution is 0.0377. The third kappa shape index (κ3) is 5.51. The molecule has 0 aromatic rings. The Kier molecular flexibility index (Phi) is 6.88. The number of hydrogen-bond donors (Lipinski definition) is 2. The summed E-state index contributed by atoms with van der Waals surface area (Å²) < 4.78 is 5.36. The van der Waals surface area contributed by atoms with E-state index in [2.05, 4.69) is 39.6 Å². The molecule has 2 aliphatic rings. The molecule has 0 saturated carbocycles. The zero-order chi connectivity index (χ0) is 14.0. The summed E-state index contributed by atoms with van der Waals surface area (Å²) in [5.41, 5.74) is 0. The highest BCUT2D eigenvalue weighted by molar-refractivity contribution is 5.80. The van der Waals surface area contributed by atoms with Crippen molar-refractivity contribution < 1.29 is 4.74 Å². The van der Waals surface area contributed by atoms with E-state index in [1.54, 1.807) is 0 Å². The van der Waals surface area contributed by atoms with Crippen molar-refractivity contribution in [2.75, 3.05) is 45.9 Å². The first-order valence-corrected chi connectivity index (χ1v) is 7.88. The number of nitrogens with one attached hydrogen (secondary N) is 2. The molecule has 0 radical (unpaired) electrons. The molecule has 0 aromatic heterocycles. The van der Waals surface area contributed by atoms with Crippen molar-refractivity contribution >= 4 is 5.96 Å². The van der Waals surface area contributed by atoms with Gasteiger partial charge in [-0.3, -0.25) is 9.89 Å². The van der Waals surface area contributed by atoms with Gasteiger partial charge in [-0.25, -0.2) is 0 Å². The van der Waals surface area contributed by atoms with Crippen molar-refractivity contribution in [3.8, 4) is 0 Å². The van der Waals surface area contributed by atoms with Crippen LogP contribution in [0.2, 0.25) is 0 Å². The van der Waals surface area contributed by atoms with Gasteiger partial charge in [0, 0.05) is 38.8 Å². The first kappa shape index (κ1) is 15.3. The summed E-state index contributed by atoms with van der Waals surface area (Å²) in [5, 5.41) is 6.82. The van der Waals surface area contributed by atoms with Crippen LogP contribution in [0.3, 0.4) is 0 Å². The van der Waals surface area contributed by atoms with E-state index in [4.69, 9.17) is 4.74 Å². The molecule has 20 heavy (non-hydrogen) atoms. The topological polar surface area (TPSA) is 48.9 Å². The second-order valence-electron chi connectivity index (χ2n) is 5.35. The van der Waals surface area contributed by atoms with E-state index >= 15 is 0 Å². The number of nitrogens with zero attached hydrogens (tertiary/aromatic N) is 2. The van der Waals surface area contributed by atoms with Crippen LogP contribution >= 0.6 is 0 Å². The number of hydrogen-bond acceptors (Lipinski definition) is 3. The van der Waals surface area contributed by atoms with Gasteiger partial charge in [0.2, 0.25) is 0 Å². The summed E-state index contributed by atoms with van der Waals surface area (Å²) in [6, 6.07) is 0.520.